The number of halogens is 1. The molecule has 0 fully saturated rings. The SMILES string of the molecule is COC(CN)CC(=O)Nc1ccccc1COc1ccccc1.Cl. The van der Waals surface area contributed by atoms with Gasteiger partial charge in [-0.1, -0.05) is 36.4 Å². The van der Waals surface area contributed by atoms with Gasteiger partial charge in [-0.05, 0) is 18.2 Å². The second-order valence-electron chi connectivity index (χ2n) is 5.10. The second kappa shape index (κ2) is 10.6. The molecule has 0 radical (unpaired) electrons. The topological polar surface area (TPSA) is 73.6 Å². The maximum absolute atomic E-state index is 12.1. The predicted octanol–water partition coefficient (Wildman–Crippen LogP) is 2.99. The second-order valence-corrected chi connectivity index (χ2v) is 5.10. The number of nitrogens with two attached hydrogens (primary N) is 1. The third-order valence-corrected chi connectivity index (χ3v) is 3.44. The molecule has 0 aromatic heterocycles. The van der Waals surface area contributed by atoms with Crippen LogP contribution in [0.2, 0.25) is 0 Å². The maximum Gasteiger partial charge on any atom is 0.227 e. The summed E-state index contributed by atoms with van der Waals surface area (Å²) in [4.78, 5) is 12.1. The van der Waals surface area contributed by atoms with Gasteiger partial charge in [0.25, 0.3) is 0 Å². The number of benzene rings is 2. The molecule has 1 amide bonds. The van der Waals surface area contributed by atoms with E-state index in [1.165, 1.54) is 0 Å². The van der Waals surface area contributed by atoms with E-state index in [4.69, 9.17) is 15.2 Å². The van der Waals surface area contributed by atoms with Crippen molar-refractivity contribution in [3.05, 3.63) is 60.2 Å². The number of ether oxygens (including phenoxy) is 2. The van der Waals surface area contributed by atoms with Crippen LogP contribution in [0.3, 0.4) is 0 Å². The summed E-state index contributed by atoms with van der Waals surface area (Å²) in [5, 5.41) is 2.89. The Balaban J connectivity index is 0.00000288. The van der Waals surface area contributed by atoms with Gasteiger partial charge in [0.1, 0.15) is 12.4 Å². The van der Waals surface area contributed by atoms with Crippen molar-refractivity contribution in [1.29, 1.82) is 0 Å². The smallest absolute Gasteiger partial charge is 0.227 e. The van der Waals surface area contributed by atoms with Gasteiger partial charge in [0.2, 0.25) is 5.91 Å². The highest BCUT2D eigenvalue weighted by atomic mass is 35.5. The minimum atomic E-state index is -0.275. The van der Waals surface area contributed by atoms with Crippen molar-refractivity contribution in [2.75, 3.05) is 19.0 Å². The highest BCUT2D eigenvalue weighted by molar-refractivity contribution is 5.91. The number of hydrogen-bond donors (Lipinski definition) is 2. The summed E-state index contributed by atoms with van der Waals surface area (Å²) in [7, 11) is 1.55. The van der Waals surface area contributed by atoms with Crippen LogP contribution in [0.15, 0.2) is 54.6 Å². The van der Waals surface area contributed by atoms with Crippen molar-refractivity contribution in [2.24, 2.45) is 5.73 Å². The van der Waals surface area contributed by atoms with Crippen LogP contribution >= 0.6 is 12.4 Å². The van der Waals surface area contributed by atoms with E-state index in [0.717, 1.165) is 17.0 Å². The molecule has 1 atom stereocenters. The monoisotopic (exact) mass is 350 g/mol. The first-order chi connectivity index (χ1) is 11.2. The first-order valence-electron chi connectivity index (χ1n) is 7.51. The zero-order valence-electron chi connectivity index (χ0n) is 13.6. The number of rotatable bonds is 8. The Morgan fingerprint density at radius 2 is 1.79 bits per heavy atom. The van der Waals surface area contributed by atoms with Crippen LogP contribution < -0.4 is 15.8 Å². The van der Waals surface area contributed by atoms with Crippen LogP contribution in [-0.2, 0) is 16.1 Å². The molecule has 0 saturated heterocycles. The Morgan fingerprint density at radius 1 is 1.12 bits per heavy atom. The largest absolute Gasteiger partial charge is 0.489 e. The minimum Gasteiger partial charge on any atom is -0.489 e. The summed E-state index contributed by atoms with van der Waals surface area (Å²) < 4.78 is 10.9. The number of amides is 1. The van der Waals surface area contributed by atoms with Crippen LogP contribution in [-0.4, -0.2) is 25.7 Å². The molecule has 1 unspecified atom stereocenters. The number of para-hydroxylation sites is 2. The molecule has 2 aromatic carbocycles. The Bertz CT molecular complexity index is 619. The van der Waals surface area contributed by atoms with E-state index in [1.54, 1.807) is 7.11 Å². The van der Waals surface area contributed by atoms with Crippen molar-refractivity contribution in [3.8, 4) is 5.75 Å². The quantitative estimate of drug-likeness (QED) is 0.767. The van der Waals surface area contributed by atoms with Gasteiger partial charge in [-0.25, -0.2) is 0 Å². The molecule has 0 heterocycles. The Hall–Kier alpha value is -2.08. The fourth-order valence-electron chi connectivity index (χ4n) is 2.12. The first kappa shape index (κ1) is 20.0. The summed E-state index contributed by atoms with van der Waals surface area (Å²) in [5.41, 5.74) is 7.19. The molecule has 0 aliphatic rings. The molecule has 2 aromatic rings. The van der Waals surface area contributed by atoms with Gasteiger partial charge < -0.3 is 20.5 Å². The molecule has 0 aliphatic carbocycles. The molecule has 5 nitrogen and oxygen atoms in total. The third-order valence-electron chi connectivity index (χ3n) is 3.44. The van der Waals surface area contributed by atoms with E-state index in [0.29, 0.717) is 13.2 Å². The molecule has 24 heavy (non-hydrogen) atoms. The van der Waals surface area contributed by atoms with Crippen molar-refractivity contribution in [1.82, 2.24) is 0 Å². The van der Waals surface area contributed by atoms with Crippen molar-refractivity contribution in [3.63, 3.8) is 0 Å². The Kier molecular flexibility index (Phi) is 8.86. The lowest BCUT2D eigenvalue weighted by atomic mass is 10.1. The van der Waals surface area contributed by atoms with Crippen LogP contribution in [0, 0.1) is 0 Å². The molecule has 0 saturated carbocycles. The van der Waals surface area contributed by atoms with E-state index in [-0.39, 0.29) is 30.8 Å². The van der Waals surface area contributed by atoms with Crippen molar-refractivity contribution < 1.29 is 14.3 Å². The zero-order valence-corrected chi connectivity index (χ0v) is 14.4. The Labute approximate surface area is 148 Å². The molecular weight excluding hydrogens is 328 g/mol. The van der Waals surface area contributed by atoms with Gasteiger partial charge >= 0.3 is 0 Å². The first-order valence-corrected chi connectivity index (χ1v) is 7.51. The van der Waals surface area contributed by atoms with E-state index < -0.39 is 0 Å². The molecule has 2 rings (SSSR count). The maximum atomic E-state index is 12.1. The number of hydrogen-bond acceptors (Lipinski definition) is 4. The predicted molar refractivity (Wildman–Crippen MR) is 97.6 cm³/mol. The number of nitrogens with one attached hydrogen (secondary N) is 1. The number of carbonyl (C=O) groups is 1. The molecule has 0 spiro atoms. The average Bonchev–Trinajstić information content (AvgIpc) is 2.60. The van der Waals surface area contributed by atoms with Gasteiger partial charge in [-0.2, -0.15) is 0 Å². The van der Waals surface area contributed by atoms with Gasteiger partial charge in [-0.15, -0.1) is 12.4 Å². The molecule has 6 heteroatoms. The van der Waals surface area contributed by atoms with E-state index in [1.807, 2.05) is 54.6 Å². The third kappa shape index (κ3) is 6.20. The molecule has 0 aliphatic heterocycles. The lowest BCUT2D eigenvalue weighted by Crippen LogP contribution is -2.28. The Morgan fingerprint density at radius 3 is 2.46 bits per heavy atom. The summed E-state index contributed by atoms with van der Waals surface area (Å²) >= 11 is 0. The van der Waals surface area contributed by atoms with Crippen LogP contribution in [0.1, 0.15) is 12.0 Å². The van der Waals surface area contributed by atoms with Gasteiger partial charge in [0.15, 0.2) is 0 Å². The fourth-order valence-corrected chi connectivity index (χ4v) is 2.12. The average molecular weight is 351 g/mol. The van der Waals surface area contributed by atoms with Crippen LogP contribution in [0.5, 0.6) is 5.75 Å². The molecular formula is C18H23ClN2O3. The minimum absolute atomic E-state index is 0. The highest BCUT2D eigenvalue weighted by Gasteiger charge is 2.13. The lowest BCUT2D eigenvalue weighted by Gasteiger charge is -2.15. The van der Waals surface area contributed by atoms with E-state index >= 15 is 0 Å². The van der Waals surface area contributed by atoms with E-state index in [9.17, 15) is 4.79 Å². The summed E-state index contributed by atoms with van der Waals surface area (Å²) in [6.07, 6.45) is -0.0522. The van der Waals surface area contributed by atoms with Crippen LogP contribution in [0.4, 0.5) is 5.69 Å². The zero-order chi connectivity index (χ0) is 16.5. The number of anilines is 1. The van der Waals surface area contributed by atoms with Crippen molar-refractivity contribution in [2.45, 2.75) is 19.1 Å². The standard InChI is InChI=1S/C18H22N2O3.ClH/c1-22-16(12-19)11-18(21)20-17-10-6-5-7-14(17)13-23-15-8-3-2-4-9-15;/h2-10,16H,11-13,19H2,1H3,(H,20,21);1H. The molecule has 130 valence electrons. The van der Waals surface area contributed by atoms with E-state index in [2.05, 4.69) is 5.32 Å². The van der Waals surface area contributed by atoms with Gasteiger partial charge in [-0.3, -0.25) is 4.79 Å². The highest BCUT2D eigenvalue weighted by Crippen LogP contribution is 2.19. The number of methoxy groups -OCH3 is 1. The van der Waals surface area contributed by atoms with Gasteiger partial charge in [0, 0.05) is 24.9 Å². The lowest BCUT2D eigenvalue weighted by molar-refractivity contribution is -0.118. The van der Waals surface area contributed by atoms with Crippen LogP contribution in [0.25, 0.3) is 0 Å². The normalized spacial score (nSPS) is 11.2. The molecule has 3 N–H and O–H groups in total. The fraction of sp³-hybridized carbons (Fsp3) is 0.278. The summed E-state index contributed by atoms with van der Waals surface area (Å²) in [6, 6.07) is 17.1. The summed E-state index contributed by atoms with van der Waals surface area (Å²) in [6.45, 7) is 0.688. The van der Waals surface area contributed by atoms with Crippen molar-refractivity contribution >= 4 is 24.0 Å². The number of carbonyl (C=O) groups excluding carboxylic acids is 1. The summed E-state index contributed by atoms with van der Waals surface area (Å²) in [5.74, 6) is 0.658. The molecule has 0 bridgehead atoms. The van der Waals surface area contributed by atoms with Gasteiger partial charge in [0.05, 0.1) is 12.5 Å².